The third-order valence-electron chi connectivity index (χ3n) is 3.30. The number of likely N-dealkylation sites (N-methyl/N-ethyl adjacent to an activating group) is 1. The number of nitrogens with one attached hydrogen (secondary N) is 2. The molecule has 1 unspecified atom stereocenters. The van der Waals surface area contributed by atoms with Gasteiger partial charge in [-0.1, -0.05) is 0 Å². The van der Waals surface area contributed by atoms with Crippen LogP contribution in [0.3, 0.4) is 0 Å². The number of nitrogens with zero attached hydrogens (tertiary/aromatic N) is 2. The second-order valence-corrected chi connectivity index (χ2v) is 4.87. The van der Waals surface area contributed by atoms with Crippen LogP contribution in [0, 0.1) is 5.82 Å². The molecule has 1 amide bonds. The number of pyridine rings is 1. The van der Waals surface area contributed by atoms with Crippen molar-refractivity contribution in [2.24, 2.45) is 0 Å². The number of piperidine rings is 1. The molecule has 0 radical (unpaired) electrons. The highest BCUT2D eigenvalue weighted by molar-refractivity contribution is 5.98. The molecule has 1 aromatic heterocycles. The maximum Gasteiger partial charge on any atom is 0.255 e. The number of hydrogen-bond acceptors (Lipinski definition) is 4. The van der Waals surface area contributed by atoms with Crippen molar-refractivity contribution in [3.05, 3.63) is 23.6 Å². The fraction of sp³-hybridized carbons (Fsp3) is 0.538. The highest BCUT2D eigenvalue weighted by Gasteiger charge is 2.21. The van der Waals surface area contributed by atoms with Crippen molar-refractivity contribution in [3.63, 3.8) is 0 Å². The molecule has 0 aromatic carbocycles. The summed E-state index contributed by atoms with van der Waals surface area (Å²) in [6, 6.07) is 1.32. The van der Waals surface area contributed by atoms with E-state index in [1.54, 1.807) is 7.05 Å². The quantitative estimate of drug-likeness (QED) is 0.860. The molecule has 0 aliphatic carbocycles. The molecule has 5 nitrogen and oxygen atoms in total. The number of rotatable bonds is 3. The van der Waals surface area contributed by atoms with E-state index < -0.39 is 5.82 Å². The summed E-state index contributed by atoms with van der Waals surface area (Å²) in [5.41, 5.74) is 0.246. The van der Waals surface area contributed by atoms with Gasteiger partial charge in [0.2, 0.25) is 0 Å². The van der Waals surface area contributed by atoms with Crippen LogP contribution in [0.4, 0.5) is 10.2 Å². The van der Waals surface area contributed by atoms with Crippen LogP contribution in [0.2, 0.25) is 0 Å². The van der Waals surface area contributed by atoms with Crippen molar-refractivity contribution in [3.8, 4) is 0 Å². The van der Waals surface area contributed by atoms with Gasteiger partial charge in [-0.3, -0.25) is 4.79 Å². The summed E-state index contributed by atoms with van der Waals surface area (Å²) in [5, 5.41) is 5.74. The average molecular weight is 266 g/mol. The standard InChI is InChI=1S/C13H19FN4O/c1-15-12-11(6-9(14)7-16-12)13(19)17-10-4-3-5-18(2)8-10/h6-7,10H,3-5,8H2,1-2H3,(H,15,16)(H,17,19). The van der Waals surface area contributed by atoms with Gasteiger partial charge in [0.1, 0.15) is 11.6 Å². The van der Waals surface area contributed by atoms with Crippen LogP contribution in [-0.2, 0) is 0 Å². The van der Waals surface area contributed by atoms with Crippen molar-refractivity contribution < 1.29 is 9.18 Å². The average Bonchev–Trinajstić information content (AvgIpc) is 2.38. The van der Waals surface area contributed by atoms with Gasteiger partial charge in [0.25, 0.3) is 5.91 Å². The number of likely N-dealkylation sites (tertiary alicyclic amines) is 1. The van der Waals surface area contributed by atoms with Crippen molar-refractivity contribution in [1.82, 2.24) is 15.2 Å². The van der Waals surface area contributed by atoms with Crippen molar-refractivity contribution in [1.29, 1.82) is 0 Å². The van der Waals surface area contributed by atoms with Gasteiger partial charge in [0, 0.05) is 19.6 Å². The van der Waals surface area contributed by atoms with Crippen LogP contribution < -0.4 is 10.6 Å². The van der Waals surface area contributed by atoms with Gasteiger partial charge < -0.3 is 15.5 Å². The molecule has 0 saturated carbocycles. The van der Waals surface area contributed by atoms with Gasteiger partial charge in [0.05, 0.1) is 11.8 Å². The molecular formula is C13H19FN4O. The zero-order valence-corrected chi connectivity index (χ0v) is 11.2. The minimum absolute atomic E-state index is 0.110. The highest BCUT2D eigenvalue weighted by Crippen LogP contribution is 2.14. The number of hydrogen-bond donors (Lipinski definition) is 2. The van der Waals surface area contributed by atoms with Crippen molar-refractivity contribution >= 4 is 11.7 Å². The SMILES string of the molecule is CNc1ncc(F)cc1C(=O)NC1CCCN(C)C1. The van der Waals surface area contributed by atoms with Crippen LogP contribution in [0.1, 0.15) is 23.2 Å². The number of carbonyl (C=O) groups excluding carboxylic acids is 1. The highest BCUT2D eigenvalue weighted by atomic mass is 19.1. The molecule has 2 heterocycles. The first-order valence-electron chi connectivity index (χ1n) is 6.43. The lowest BCUT2D eigenvalue weighted by atomic mass is 10.1. The number of anilines is 1. The second kappa shape index (κ2) is 5.97. The lowest BCUT2D eigenvalue weighted by molar-refractivity contribution is 0.0912. The molecule has 0 bridgehead atoms. The largest absolute Gasteiger partial charge is 0.372 e. The summed E-state index contributed by atoms with van der Waals surface area (Å²) in [6.07, 6.45) is 3.10. The molecule has 104 valence electrons. The Bertz CT molecular complexity index is 466. The van der Waals surface area contributed by atoms with Crippen LogP contribution in [0.5, 0.6) is 0 Å². The first kappa shape index (κ1) is 13.7. The molecule has 0 spiro atoms. The lowest BCUT2D eigenvalue weighted by Crippen LogP contribution is -2.46. The maximum atomic E-state index is 13.2. The lowest BCUT2D eigenvalue weighted by Gasteiger charge is -2.30. The van der Waals surface area contributed by atoms with Crippen molar-refractivity contribution in [2.75, 3.05) is 32.5 Å². The molecular weight excluding hydrogens is 247 g/mol. The van der Waals surface area contributed by atoms with E-state index in [0.29, 0.717) is 5.82 Å². The van der Waals surface area contributed by atoms with Gasteiger partial charge in [-0.05, 0) is 32.5 Å². The van der Waals surface area contributed by atoms with Crippen molar-refractivity contribution in [2.45, 2.75) is 18.9 Å². The first-order valence-corrected chi connectivity index (χ1v) is 6.43. The Kier molecular flexibility index (Phi) is 4.31. The monoisotopic (exact) mass is 266 g/mol. The Morgan fingerprint density at radius 2 is 2.37 bits per heavy atom. The molecule has 1 aromatic rings. The number of aromatic nitrogens is 1. The molecule has 2 N–H and O–H groups in total. The van der Waals surface area contributed by atoms with E-state index in [-0.39, 0.29) is 17.5 Å². The second-order valence-electron chi connectivity index (χ2n) is 4.87. The fourth-order valence-electron chi connectivity index (χ4n) is 2.36. The van der Waals surface area contributed by atoms with E-state index in [0.717, 1.165) is 32.1 Å². The zero-order chi connectivity index (χ0) is 13.8. The van der Waals surface area contributed by atoms with Gasteiger partial charge in [-0.15, -0.1) is 0 Å². The molecule has 1 aliphatic heterocycles. The molecule has 19 heavy (non-hydrogen) atoms. The summed E-state index contributed by atoms with van der Waals surface area (Å²) in [4.78, 5) is 18.2. The van der Waals surface area contributed by atoms with E-state index >= 15 is 0 Å². The molecule has 1 saturated heterocycles. The Hall–Kier alpha value is -1.69. The predicted molar refractivity (Wildman–Crippen MR) is 71.7 cm³/mol. The Morgan fingerprint density at radius 3 is 3.05 bits per heavy atom. The van der Waals surface area contributed by atoms with Gasteiger partial charge in [-0.25, -0.2) is 9.37 Å². The minimum Gasteiger partial charge on any atom is -0.372 e. The van der Waals surface area contributed by atoms with Crippen LogP contribution in [0.25, 0.3) is 0 Å². The third kappa shape index (κ3) is 3.41. The molecule has 1 aliphatic rings. The summed E-state index contributed by atoms with van der Waals surface area (Å²) < 4.78 is 13.2. The molecule has 2 rings (SSSR count). The summed E-state index contributed by atoms with van der Waals surface area (Å²) >= 11 is 0. The predicted octanol–water partition coefficient (Wildman–Crippen LogP) is 1.09. The van der Waals surface area contributed by atoms with Crippen LogP contribution in [0.15, 0.2) is 12.3 Å². The topological polar surface area (TPSA) is 57.3 Å². The summed E-state index contributed by atoms with van der Waals surface area (Å²) in [6.45, 7) is 1.87. The number of amides is 1. The normalized spacial score (nSPS) is 20.1. The van der Waals surface area contributed by atoms with E-state index in [9.17, 15) is 9.18 Å². The minimum atomic E-state index is -0.509. The fourth-order valence-corrected chi connectivity index (χ4v) is 2.36. The van der Waals surface area contributed by atoms with Crippen LogP contribution in [-0.4, -0.2) is 49.0 Å². The van der Waals surface area contributed by atoms with Gasteiger partial charge >= 0.3 is 0 Å². The first-order chi connectivity index (χ1) is 9.10. The number of carbonyl (C=O) groups is 1. The van der Waals surface area contributed by atoms with Gasteiger partial charge in [0.15, 0.2) is 0 Å². The number of halogens is 1. The van der Waals surface area contributed by atoms with E-state index in [1.165, 1.54) is 6.07 Å². The Morgan fingerprint density at radius 1 is 1.58 bits per heavy atom. The smallest absolute Gasteiger partial charge is 0.255 e. The van der Waals surface area contributed by atoms with E-state index in [1.807, 2.05) is 7.05 Å². The maximum absolute atomic E-state index is 13.2. The Labute approximate surface area is 112 Å². The Balaban J connectivity index is 2.09. The molecule has 1 fully saturated rings. The third-order valence-corrected chi connectivity index (χ3v) is 3.30. The van der Waals surface area contributed by atoms with Crippen LogP contribution >= 0.6 is 0 Å². The molecule has 1 atom stereocenters. The van der Waals surface area contributed by atoms with E-state index in [4.69, 9.17) is 0 Å². The summed E-state index contributed by atoms with van der Waals surface area (Å²) in [5.74, 6) is -0.398. The zero-order valence-electron chi connectivity index (χ0n) is 11.2. The van der Waals surface area contributed by atoms with E-state index in [2.05, 4.69) is 20.5 Å². The molecule has 6 heteroatoms. The van der Waals surface area contributed by atoms with Gasteiger partial charge in [-0.2, -0.15) is 0 Å². The summed E-state index contributed by atoms with van der Waals surface area (Å²) in [7, 11) is 3.69.